The molecule has 1 atom stereocenters. The standard InChI is InChI=1S/C11H20N2O3/c1-2-10(15)13-7-4-3-5-9(13)11(16)12-6-8-14/h9,14H,2-8H2,1H3,(H,12,16). The zero-order valence-electron chi connectivity index (χ0n) is 9.74. The first-order chi connectivity index (χ1) is 7.70. The van der Waals surface area contributed by atoms with Crippen LogP contribution in [0.4, 0.5) is 0 Å². The number of carbonyl (C=O) groups excluding carboxylic acids is 2. The number of likely N-dealkylation sites (tertiary alicyclic amines) is 1. The fraction of sp³-hybridized carbons (Fsp3) is 0.818. The first-order valence-corrected chi connectivity index (χ1v) is 5.88. The number of nitrogens with zero attached hydrogens (tertiary/aromatic N) is 1. The Hall–Kier alpha value is -1.10. The van der Waals surface area contributed by atoms with Crippen molar-refractivity contribution in [1.82, 2.24) is 10.2 Å². The predicted molar refractivity (Wildman–Crippen MR) is 59.7 cm³/mol. The van der Waals surface area contributed by atoms with E-state index in [0.717, 1.165) is 19.3 Å². The van der Waals surface area contributed by atoms with Crippen LogP contribution in [0.1, 0.15) is 32.6 Å². The molecule has 0 spiro atoms. The molecule has 0 radical (unpaired) electrons. The van der Waals surface area contributed by atoms with Crippen LogP contribution in [0.5, 0.6) is 0 Å². The molecule has 5 heteroatoms. The molecule has 5 nitrogen and oxygen atoms in total. The molecule has 2 N–H and O–H groups in total. The van der Waals surface area contributed by atoms with E-state index in [0.29, 0.717) is 13.0 Å². The van der Waals surface area contributed by atoms with E-state index < -0.39 is 0 Å². The lowest BCUT2D eigenvalue weighted by Gasteiger charge is -2.34. The third-order valence-corrected chi connectivity index (χ3v) is 2.84. The summed E-state index contributed by atoms with van der Waals surface area (Å²) in [5, 5.41) is 11.3. The van der Waals surface area contributed by atoms with Gasteiger partial charge in [-0.2, -0.15) is 0 Å². The molecule has 0 saturated carbocycles. The van der Waals surface area contributed by atoms with Gasteiger partial charge in [0.1, 0.15) is 6.04 Å². The summed E-state index contributed by atoms with van der Waals surface area (Å²) in [5.74, 6) is -0.112. The van der Waals surface area contributed by atoms with Gasteiger partial charge in [-0.05, 0) is 19.3 Å². The molecule has 1 saturated heterocycles. The van der Waals surface area contributed by atoms with Crippen molar-refractivity contribution in [2.75, 3.05) is 19.7 Å². The van der Waals surface area contributed by atoms with Gasteiger partial charge in [0.2, 0.25) is 11.8 Å². The number of hydrogen-bond donors (Lipinski definition) is 2. The van der Waals surface area contributed by atoms with Crippen molar-refractivity contribution >= 4 is 11.8 Å². The van der Waals surface area contributed by atoms with Crippen LogP contribution >= 0.6 is 0 Å². The van der Waals surface area contributed by atoms with E-state index in [1.165, 1.54) is 0 Å². The van der Waals surface area contributed by atoms with Crippen LogP contribution in [0.2, 0.25) is 0 Å². The highest BCUT2D eigenvalue weighted by Crippen LogP contribution is 2.17. The fourth-order valence-electron chi connectivity index (χ4n) is 2.00. The Bertz CT molecular complexity index is 256. The van der Waals surface area contributed by atoms with Crippen LogP contribution in [0, 0.1) is 0 Å². The lowest BCUT2D eigenvalue weighted by atomic mass is 10.0. The molecule has 92 valence electrons. The quantitative estimate of drug-likeness (QED) is 0.705. The van der Waals surface area contributed by atoms with Crippen LogP contribution in [-0.2, 0) is 9.59 Å². The van der Waals surface area contributed by atoms with E-state index in [1.54, 1.807) is 11.8 Å². The highest BCUT2D eigenvalue weighted by molar-refractivity contribution is 5.87. The molecule has 1 unspecified atom stereocenters. The number of piperidine rings is 1. The molecule has 0 bridgehead atoms. The number of aliphatic hydroxyl groups is 1. The minimum Gasteiger partial charge on any atom is -0.395 e. The number of carbonyl (C=O) groups is 2. The Morgan fingerprint density at radius 3 is 2.81 bits per heavy atom. The maximum atomic E-state index is 11.8. The summed E-state index contributed by atoms with van der Waals surface area (Å²) in [6, 6.07) is -0.340. The predicted octanol–water partition coefficient (Wildman–Crippen LogP) is -0.114. The Morgan fingerprint density at radius 2 is 2.19 bits per heavy atom. The Kier molecular flexibility index (Phi) is 5.25. The second kappa shape index (κ2) is 6.48. The van der Waals surface area contributed by atoms with Gasteiger partial charge < -0.3 is 15.3 Å². The number of hydrogen-bond acceptors (Lipinski definition) is 3. The SMILES string of the molecule is CCC(=O)N1CCCCC1C(=O)NCCO. The van der Waals surface area contributed by atoms with Gasteiger partial charge in [-0.25, -0.2) is 0 Å². The topological polar surface area (TPSA) is 69.6 Å². The Morgan fingerprint density at radius 1 is 1.44 bits per heavy atom. The molecular weight excluding hydrogens is 208 g/mol. The highest BCUT2D eigenvalue weighted by Gasteiger charge is 2.30. The van der Waals surface area contributed by atoms with E-state index in [-0.39, 0.29) is 31.0 Å². The van der Waals surface area contributed by atoms with Crippen LogP contribution in [-0.4, -0.2) is 47.6 Å². The summed E-state index contributed by atoms with van der Waals surface area (Å²) in [4.78, 5) is 25.1. The second-order valence-electron chi connectivity index (χ2n) is 3.97. The van der Waals surface area contributed by atoms with E-state index >= 15 is 0 Å². The Labute approximate surface area is 95.8 Å². The molecule has 0 aliphatic carbocycles. The summed E-state index contributed by atoms with van der Waals surface area (Å²) in [7, 11) is 0. The summed E-state index contributed by atoms with van der Waals surface area (Å²) >= 11 is 0. The number of nitrogens with one attached hydrogen (secondary N) is 1. The van der Waals surface area contributed by atoms with Crippen molar-refractivity contribution in [3.8, 4) is 0 Å². The summed E-state index contributed by atoms with van der Waals surface area (Å²) < 4.78 is 0. The lowest BCUT2D eigenvalue weighted by Crippen LogP contribution is -2.52. The van der Waals surface area contributed by atoms with Crippen molar-refractivity contribution in [2.24, 2.45) is 0 Å². The molecule has 1 heterocycles. The second-order valence-corrected chi connectivity index (χ2v) is 3.97. The first-order valence-electron chi connectivity index (χ1n) is 5.88. The molecule has 0 aromatic carbocycles. The third kappa shape index (κ3) is 3.20. The van der Waals surface area contributed by atoms with Crippen LogP contribution in [0.15, 0.2) is 0 Å². The Balaban J connectivity index is 2.59. The smallest absolute Gasteiger partial charge is 0.242 e. The zero-order chi connectivity index (χ0) is 12.0. The first kappa shape index (κ1) is 13.0. The maximum absolute atomic E-state index is 11.8. The van der Waals surface area contributed by atoms with Gasteiger partial charge in [0, 0.05) is 19.5 Å². The maximum Gasteiger partial charge on any atom is 0.242 e. The van der Waals surface area contributed by atoms with Crippen LogP contribution in [0.3, 0.4) is 0 Å². The summed E-state index contributed by atoms with van der Waals surface area (Å²) in [6.07, 6.45) is 3.10. The van der Waals surface area contributed by atoms with Crippen LogP contribution in [0.25, 0.3) is 0 Å². The van der Waals surface area contributed by atoms with Crippen LogP contribution < -0.4 is 5.32 Å². The molecule has 1 aliphatic rings. The van der Waals surface area contributed by atoms with E-state index in [1.807, 2.05) is 0 Å². The number of aliphatic hydroxyl groups excluding tert-OH is 1. The van der Waals surface area contributed by atoms with E-state index in [4.69, 9.17) is 5.11 Å². The van der Waals surface area contributed by atoms with Gasteiger partial charge in [-0.1, -0.05) is 6.92 Å². The molecule has 0 aromatic rings. The molecule has 0 aromatic heterocycles. The molecule has 16 heavy (non-hydrogen) atoms. The molecule has 1 rings (SSSR count). The van der Waals surface area contributed by atoms with Crippen molar-refractivity contribution in [3.05, 3.63) is 0 Å². The summed E-state index contributed by atoms with van der Waals surface area (Å²) in [5.41, 5.74) is 0. The zero-order valence-corrected chi connectivity index (χ0v) is 9.74. The van der Waals surface area contributed by atoms with E-state index in [2.05, 4.69) is 5.32 Å². The van der Waals surface area contributed by atoms with Crippen molar-refractivity contribution in [3.63, 3.8) is 0 Å². The lowest BCUT2D eigenvalue weighted by molar-refractivity contribution is -0.142. The monoisotopic (exact) mass is 228 g/mol. The van der Waals surface area contributed by atoms with Gasteiger partial charge in [-0.3, -0.25) is 9.59 Å². The number of rotatable bonds is 4. The molecule has 1 aliphatic heterocycles. The number of amides is 2. The average Bonchev–Trinajstić information content (AvgIpc) is 2.35. The van der Waals surface area contributed by atoms with Crippen molar-refractivity contribution in [1.29, 1.82) is 0 Å². The minimum atomic E-state index is -0.340. The van der Waals surface area contributed by atoms with Gasteiger partial charge in [-0.15, -0.1) is 0 Å². The minimum absolute atomic E-state index is 0.0313. The largest absolute Gasteiger partial charge is 0.395 e. The van der Waals surface area contributed by atoms with Gasteiger partial charge in [0.05, 0.1) is 6.61 Å². The van der Waals surface area contributed by atoms with Gasteiger partial charge in [0.15, 0.2) is 0 Å². The highest BCUT2D eigenvalue weighted by atomic mass is 16.3. The van der Waals surface area contributed by atoms with Crippen molar-refractivity contribution in [2.45, 2.75) is 38.6 Å². The molecular formula is C11H20N2O3. The summed E-state index contributed by atoms with van der Waals surface area (Å²) in [6.45, 7) is 2.66. The molecule has 1 fully saturated rings. The normalized spacial score (nSPS) is 20.6. The van der Waals surface area contributed by atoms with E-state index in [9.17, 15) is 9.59 Å². The fourth-order valence-corrected chi connectivity index (χ4v) is 2.00. The van der Waals surface area contributed by atoms with Gasteiger partial charge in [0.25, 0.3) is 0 Å². The van der Waals surface area contributed by atoms with Crippen molar-refractivity contribution < 1.29 is 14.7 Å². The third-order valence-electron chi connectivity index (χ3n) is 2.84. The van der Waals surface area contributed by atoms with Gasteiger partial charge >= 0.3 is 0 Å². The average molecular weight is 228 g/mol. The molecule has 2 amide bonds.